The zero-order valence-corrected chi connectivity index (χ0v) is 14.1. The minimum absolute atomic E-state index is 0.0101. The molecule has 1 fully saturated rings. The standard InChI is InChI=1S/C19H20N2O4/c1-23-11-15-9-21(10-16(15)13-4-6-20-7-5-13)19(22)14-2-3-17-18(8-14)25-12-24-17/h2-8,15-16H,9-12H2,1H3/t15-,16-/m0/s1. The van der Waals surface area contributed by atoms with Gasteiger partial charge in [0.2, 0.25) is 6.79 Å². The lowest BCUT2D eigenvalue weighted by molar-refractivity contribution is 0.0775. The van der Waals surface area contributed by atoms with Gasteiger partial charge in [-0.25, -0.2) is 0 Å². The van der Waals surface area contributed by atoms with E-state index in [0.29, 0.717) is 36.8 Å². The Balaban J connectivity index is 1.55. The fourth-order valence-electron chi connectivity index (χ4n) is 3.62. The molecule has 1 saturated heterocycles. The van der Waals surface area contributed by atoms with Crippen molar-refractivity contribution < 1.29 is 19.0 Å². The zero-order valence-electron chi connectivity index (χ0n) is 14.1. The summed E-state index contributed by atoms with van der Waals surface area (Å²) < 4.78 is 16.1. The van der Waals surface area contributed by atoms with Gasteiger partial charge in [0.1, 0.15) is 0 Å². The number of nitrogens with zero attached hydrogens (tertiary/aromatic N) is 2. The van der Waals surface area contributed by atoms with Gasteiger partial charge in [-0.1, -0.05) is 0 Å². The molecule has 2 aliphatic heterocycles. The van der Waals surface area contributed by atoms with Crippen LogP contribution in [0.2, 0.25) is 0 Å². The van der Waals surface area contributed by atoms with Gasteiger partial charge < -0.3 is 19.1 Å². The number of ether oxygens (including phenoxy) is 3. The van der Waals surface area contributed by atoms with Crippen LogP contribution in [0.4, 0.5) is 0 Å². The lowest BCUT2D eigenvalue weighted by atomic mass is 9.90. The molecule has 0 N–H and O–H groups in total. The van der Waals surface area contributed by atoms with E-state index in [1.807, 2.05) is 17.0 Å². The van der Waals surface area contributed by atoms with E-state index in [4.69, 9.17) is 14.2 Å². The summed E-state index contributed by atoms with van der Waals surface area (Å²) in [6.45, 7) is 2.17. The van der Waals surface area contributed by atoms with Crippen LogP contribution in [0.25, 0.3) is 0 Å². The molecule has 0 bridgehead atoms. The van der Waals surface area contributed by atoms with E-state index in [-0.39, 0.29) is 24.5 Å². The van der Waals surface area contributed by atoms with Gasteiger partial charge in [-0.15, -0.1) is 0 Å². The second-order valence-electron chi connectivity index (χ2n) is 6.38. The molecule has 0 aliphatic carbocycles. The molecule has 0 unspecified atom stereocenters. The van der Waals surface area contributed by atoms with Gasteiger partial charge in [0.25, 0.3) is 5.91 Å². The van der Waals surface area contributed by atoms with Crippen molar-refractivity contribution in [1.82, 2.24) is 9.88 Å². The van der Waals surface area contributed by atoms with Crippen LogP contribution in [0, 0.1) is 5.92 Å². The van der Waals surface area contributed by atoms with E-state index >= 15 is 0 Å². The number of likely N-dealkylation sites (tertiary alicyclic amines) is 1. The molecule has 1 aromatic heterocycles. The van der Waals surface area contributed by atoms with E-state index in [2.05, 4.69) is 4.98 Å². The number of hydrogen-bond donors (Lipinski definition) is 0. The third-order valence-corrected chi connectivity index (χ3v) is 4.86. The molecule has 2 aromatic rings. The summed E-state index contributed by atoms with van der Waals surface area (Å²) in [4.78, 5) is 18.9. The highest BCUT2D eigenvalue weighted by Gasteiger charge is 2.36. The number of carbonyl (C=O) groups excluding carboxylic acids is 1. The first-order chi connectivity index (χ1) is 12.3. The molecule has 0 saturated carbocycles. The quantitative estimate of drug-likeness (QED) is 0.855. The third-order valence-electron chi connectivity index (χ3n) is 4.86. The summed E-state index contributed by atoms with van der Waals surface area (Å²) in [6.07, 6.45) is 3.59. The first-order valence-corrected chi connectivity index (χ1v) is 8.34. The van der Waals surface area contributed by atoms with Crippen LogP contribution in [-0.4, -0.2) is 49.4 Å². The van der Waals surface area contributed by atoms with Gasteiger partial charge in [0.15, 0.2) is 11.5 Å². The third kappa shape index (κ3) is 3.05. The second kappa shape index (κ2) is 6.72. The van der Waals surface area contributed by atoms with Gasteiger partial charge in [-0.2, -0.15) is 0 Å². The van der Waals surface area contributed by atoms with Crippen molar-refractivity contribution in [3.8, 4) is 11.5 Å². The van der Waals surface area contributed by atoms with Crippen LogP contribution in [0.3, 0.4) is 0 Å². The molecule has 4 rings (SSSR count). The monoisotopic (exact) mass is 340 g/mol. The number of benzene rings is 1. The summed E-state index contributed by atoms with van der Waals surface area (Å²) in [7, 11) is 1.70. The summed E-state index contributed by atoms with van der Waals surface area (Å²) in [5.74, 6) is 1.84. The molecule has 2 aliphatic rings. The molecular formula is C19H20N2O4. The lowest BCUT2D eigenvalue weighted by Gasteiger charge is -2.17. The molecular weight excluding hydrogens is 320 g/mol. The van der Waals surface area contributed by atoms with E-state index in [1.165, 1.54) is 5.56 Å². The summed E-state index contributed by atoms with van der Waals surface area (Å²) in [5, 5.41) is 0. The van der Waals surface area contributed by atoms with Crippen molar-refractivity contribution >= 4 is 5.91 Å². The topological polar surface area (TPSA) is 60.9 Å². The molecule has 1 amide bonds. The SMILES string of the molecule is COC[C@@H]1CN(C(=O)c2ccc3c(c2)OCO3)C[C@H]1c1ccncc1. The minimum atomic E-state index is 0.0101. The molecule has 25 heavy (non-hydrogen) atoms. The van der Waals surface area contributed by atoms with Gasteiger partial charge in [0.05, 0.1) is 6.61 Å². The fourth-order valence-corrected chi connectivity index (χ4v) is 3.62. The smallest absolute Gasteiger partial charge is 0.254 e. The number of carbonyl (C=O) groups is 1. The Kier molecular flexibility index (Phi) is 4.28. The Morgan fingerprint density at radius 3 is 2.80 bits per heavy atom. The molecule has 130 valence electrons. The van der Waals surface area contributed by atoms with E-state index < -0.39 is 0 Å². The Morgan fingerprint density at radius 2 is 2.00 bits per heavy atom. The average molecular weight is 340 g/mol. The maximum Gasteiger partial charge on any atom is 0.254 e. The summed E-state index contributed by atoms with van der Waals surface area (Å²) in [6, 6.07) is 9.37. The van der Waals surface area contributed by atoms with Crippen LogP contribution >= 0.6 is 0 Å². The van der Waals surface area contributed by atoms with Gasteiger partial charge in [-0.3, -0.25) is 9.78 Å². The van der Waals surface area contributed by atoms with Crippen LogP contribution < -0.4 is 9.47 Å². The first kappa shape index (κ1) is 15.9. The predicted octanol–water partition coefficient (Wildman–Crippen LogP) is 2.31. The maximum absolute atomic E-state index is 12.9. The fraction of sp³-hybridized carbons (Fsp3) is 0.368. The molecule has 0 radical (unpaired) electrons. The molecule has 3 heterocycles. The Hall–Kier alpha value is -2.60. The van der Waals surface area contributed by atoms with Crippen molar-refractivity contribution in [3.63, 3.8) is 0 Å². The lowest BCUT2D eigenvalue weighted by Crippen LogP contribution is -2.29. The zero-order chi connectivity index (χ0) is 17.2. The number of rotatable bonds is 4. The van der Waals surface area contributed by atoms with Crippen molar-refractivity contribution in [3.05, 3.63) is 53.9 Å². The number of aromatic nitrogens is 1. The van der Waals surface area contributed by atoms with E-state index in [1.54, 1.807) is 37.7 Å². The van der Waals surface area contributed by atoms with Crippen LogP contribution in [-0.2, 0) is 4.74 Å². The molecule has 6 nitrogen and oxygen atoms in total. The molecule has 2 atom stereocenters. The average Bonchev–Trinajstić information content (AvgIpc) is 3.28. The van der Waals surface area contributed by atoms with Crippen molar-refractivity contribution in [2.75, 3.05) is 33.6 Å². The second-order valence-corrected chi connectivity index (χ2v) is 6.38. The number of amides is 1. The Labute approximate surface area is 146 Å². The van der Waals surface area contributed by atoms with Gasteiger partial charge in [-0.05, 0) is 35.9 Å². The normalized spacial score (nSPS) is 21.6. The summed E-state index contributed by atoms with van der Waals surface area (Å²) in [5.41, 5.74) is 1.81. The van der Waals surface area contributed by atoms with Crippen molar-refractivity contribution in [2.24, 2.45) is 5.92 Å². The molecule has 6 heteroatoms. The van der Waals surface area contributed by atoms with E-state index in [0.717, 1.165) is 0 Å². The predicted molar refractivity (Wildman–Crippen MR) is 90.8 cm³/mol. The highest BCUT2D eigenvalue weighted by atomic mass is 16.7. The molecule has 0 spiro atoms. The number of pyridine rings is 1. The number of fused-ring (bicyclic) bond motifs is 1. The number of hydrogen-bond acceptors (Lipinski definition) is 5. The van der Waals surface area contributed by atoms with Gasteiger partial charge in [0, 0.05) is 50.0 Å². The van der Waals surface area contributed by atoms with Gasteiger partial charge >= 0.3 is 0 Å². The van der Waals surface area contributed by atoms with Crippen LogP contribution in [0.5, 0.6) is 11.5 Å². The van der Waals surface area contributed by atoms with Crippen molar-refractivity contribution in [2.45, 2.75) is 5.92 Å². The Bertz CT molecular complexity index is 765. The highest BCUT2D eigenvalue weighted by molar-refractivity contribution is 5.95. The van der Waals surface area contributed by atoms with Crippen LogP contribution in [0.1, 0.15) is 21.8 Å². The number of methoxy groups -OCH3 is 1. The minimum Gasteiger partial charge on any atom is -0.454 e. The largest absolute Gasteiger partial charge is 0.454 e. The first-order valence-electron chi connectivity index (χ1n) is 8.34. The Morgan fingerprint density at radius 1 is 1.20 bits per heavy atom. The summed E-state index contributed by atoms with van der Waals surface area (Å²) >= 11 is 0. The molecule has 1 aromatic carbocycles. The van der Waals surface area contributed by atoms with Crippen molar-refractivity contribution in [1.29, 1.82) is 0 Å². The highest BCUT2D eigenvalue weighted by Crippen LogP contribution is 2.36. The van der Waals surface area contributed by atoms with Crippen LogP contribution in [0.15, 0.2) is 42.7 Å². The maximum atomic E-state index is 12.9. The van der Waals surface area contributed by atoms with E-state index in [9.17, 15) is 4.79 Å².